The van der Waals surface area contributed by atoms with Gasteiger partial charge in [0.15, 0.2) is 5.96 Å². The third-order valence-corrected chi connectivity index (χ3v) is 5.67. The summed E-state index contributed by atoms with van der Waals surface area (Å²) in [6.45, 7) is 10.5. The van der Waals surface area contributed by atoms with Gasteiger partial charge < -0.3 is 15.5 Å². The van der Waals surface area contributed by atoms with Gasteiger partial charge in [-0.3, -0.25) is 4.90 Å². The molecule has 2 heterocycles. The number of likely N-dealkylation sites (tertiary alicyclic amines) is 1. The molecule has 2 N–H and O–H groups in total. The monoisotopic (exact) mass is 357 g/mol. The predicted molar refractivity (Wildman–Crippen MR) is 111 cm³/mol. The molecule has 144 valence electrons. The number of nitrogens with one attached hydrogen (secondary N) is 2. The maximum absolute atomic E-state index is 4.83. The van der Waals surface area contributed by atoms with Crippen LogP contribution < -0.4 is 15.5 Å². The fourth-order valence-corrected chi connectivity index (χ4v) is 4.21. The third-order valence-electron chi connectivity index (χ3n) is 5.67. The van der Waals surface area contributed by atoms with Crippen LogP contribution >= 0.6 is 0 Å². The lowest BCUT2D eigenvalue weighted by atomic mass is 10.00. The molecule has 1 aromatic carbocycles. The summed E-state index contributed by atoms with van der Waals surface area (Å²) < 4.78 is 0. The average molecular weight is 358 g/mol. The van der Waals surface area contributed by atoms with Crippen molar-refractivity contribution < 1.29 is 0 Å². The lowest BCUT2D eigenvalue weighted by molar-refractivity contribution is 0.267. The molecule has 1 unspecified atom stereocenters. The van der Waals surface area contributed by atoms with Crippen molar-refractivity contribution in [1.82, 2.24) is 15.5 Å². The van der Waals surface area contributed by atoms with Crippen molar-refractivity contribution in [3.05, 3.63) is 29.3 Å². The zero-order valence-electron chi connectivity index (χ0n) is 16.7. The van der Waals surface area contributed by atoms with E-state index in [0.717, 1.165) is 38.7 Å². The molecule has 1 atom stereocenters. The van der Waals surface area contributed by atoms with E-state index in [0.29, 0.717) is 6.04 Å². The van der Waals surface area contributed by atoms with Crippen LogP contribution in [0.15, 0.2) is 23.2 Å². The Morgan fingerprint density at radius 2 is 2.08 bits per heavy atom. The summed E-state index contributed by atoms with van der Waals surface area (Å²) in [5.74, 6) is 0.935. The maximum atomic E-state index is 4.83. The minimum absolute atomic E-state index is 0.642. The zero-order chi connectivity index (χ0) is 18.4. The summed E-state index contributed by atoms with van der Waals surface area (Å²) in [6.07, 6.45) is 5.04. The Kier molecular flexibility index (Phi) is 6.78. The van der Waals surface area contributed by atoms with E-state index in [-0.39, 0.29) is 0 Å². The van der Waals surface area contributed by atoms with E-state index in [9.17, 15) is 0 Å². The number of aryl methyl sites for hydroxylation is 1. The first-order chi connectivity index (χ1) is 12.7. The molecular formula is C21H35N5. The summed E-state index contributed by atoms with van der Waals surface area (Å²) >= 11 is 0. The number of likely N-dealkylation sites (N-methyl/N-ethyl adjacent to an activating group) is 1. The summed E-state index contributed by atoms with van der Waals surface area (Å²) in [4.78, 5) is 9.75. The molecule has 5 nitrogen and oxygen atoms in total. The number of hydrogen-bond donors (Lipinski definition) is 2. The highest BCUT2D eigenvalue weighted by atomic mass is 15.2. The topological polar surface area (TPSA) is 42.9 Å². The molecule has 0 aliphatic carbocycles. The van der Waals surface area contributed by atoms with Crippen LogP contribution in [0.3, 0.4) is 0 Å². The standard InChI is InChI=1S/C21H35N5/c1-4-22-21(24-16-19-9-7-13-26(19)5-2)23-15-17-10-11-20-18(14-17)8-6-12-25(20)3/h10-11,14,19H,4-9,12-13,15-16H2,1-3H3,(H2,22,23,24). The molecule has 5 heteroatoms. The lowest BCUT2D eigenvalue weighted by Gasteiger charge is -2.27. The van der Waals surface area contributed by atoms with E-state index < -0.39 is 0 Å². The van der Waals surface area contributed by atoms with Gasteiger partial charge in [-0.25, -0.2) is 4.99 Å². The van der Waals surface area contributed by atoms with Crippen molar-refractivity contribution >= 4 is 11.6 Å². The molecule has 2 aliphatic rings. The summed E-state index contributed by atoms with van der Waals surface area (Å²) in [5.41, 5.74) is 4.15. The molecule has 2 aliphatic heterocycles. The van der Waals surface area contributed by atoms with Gasteiger partial charge in [-0.05, 0) is 62.9 Å². The number of aliphatic imine (C=N–C) groups is 1. The Labute approximate surface area is 158 Å². The van der Waals surface area contributed by atoms with E-state index in [4.69, 9.17) is 4.99 Å². The van der Waals surface area contributed by atoms with Crippen molar-refractivity contribution in [2.24, 2.45) is 4.99 Å². The lowest BCUT2D eigenvalue weighted by Crippen LogP contribution is -2.44. The molecule has 1 fully saturated rings. The van der Waals surface area contributed by atoms with Crippen LogP contribution in [-0.4, -0.2) is 56.7 Å². The largest absolute Gasteiger partial charge is 0.374 e. The van der Waals surface area contributed by atoms with Crippen LogP contribution in [-0.2, 0) is 13.0 Å². The van der Waals surface area contributed by atoms with Gasteiger partial charge in [0.05, 0.1) is 6.54 Å². The number of fused-ring (bicyclic) bond motifs is 1. The normalized spacial score (nSPS) is 21.0. The molecule has 0 spiro atoms. The smallest absolute Gasteiger partial charge is 0.191 e. The molecule has 0 aromatic heterocycles. The van der Waals surface area contributed by atoms with E-state index in [1.807, 2.05) is 0 Å². The number of guanidine groups is 1. The molecule has 26 heavy (non-hydrogen) atoms. The zero-order valence-corrected chi connectivity index (χ0v) is 16.7. The molecule has 1 aromatic rings. The van der Waals surface area contributed by atoms with E-state index >= 15 is 0 Å². The van der Waals surface area contributed by atoms with Crippen LogP contribution in [0.5, 0.6) is 0 Å². The Hall–Kier alpha value is -1.75. The molecule has 0 amide bonds. The number of benzene rings is 1. The van der Waals surface area contributed by atoms with Crippen molar-refractivity contribution in [1.29, 1.82) is 0 Å². The van der Waals surface area contributed by atoms with Gasteiger partial charge in [-0.2, -0.15) is 0 Å². The van der Waals surface area contributed by atoms with E-state index in [1.165, 1.54) is 49.0 Å². The molecule has 0 radical (unpaired) electrons. The molecule has 1 saturated heterocycles. The second-order valence-electron chi connectivity index (χ2n) is 7.49. The second-order valence-corrected chi connectivity index (χ2v) is 7.49. The highest BCUT2D eigenvalue weighted by Crippen LogP contribution is 2.27. The van der Waals surface area contributed by atoms with Crippen LogP contribution in [0.25, 0.3) is 0 Å². The van der Waals surface area contributed by atoms with Crippen molar-refractivity contribution in [2.45, 2.75) is 52.1 Å². The van der Waals surface area contributed by atoms with Gasteiger partial charge in [-0.15, -0.1) is 0 Å². The molecule has 0 bridgehead atoms. The number of hydrogen-bond acceptors (Lipinski definition) is 3. The third kappa shape index (κ3) is 4.70. The average Bonchev–Trinajstić information content (AvgIpc) is 3.11. The van der Waals surface area contributed by atoms with Gasteiger partial charge >= 0.3 is 0 Å². The van der Waals surface area contributed by atoms with Crippen LogP contribution in [0.4, 0.5) is 5.69 Å². The van der Waals surface area contributed by atoms with Crippen LogP contribution in [0, 0.1) is 0 Å². The molecule has 0 saturated carbocycles. The van der Waals surface area contributed by atoms with Gasteiger partial charge in [0.2, 0.25) is 0 Å². The van der Waals surface area contributed by atoms with Gasteiger partial charge in [-0.1, -0.05) is 19.1 Å². The van der Waals surface area contributed by atoms with Crippen LogP contribution in [0.1, 0.15) is 44.2 Å². The minimum Gasteiger partial charge on any atom is -0.374 e. The summed E-state index contributed by atoms with van der Waals surface area (Å²) in [5, 5.41) is 6.95. The van der Waals surface area contributed by atoms with Crippen molar-refractivity contribution in [2.75, 3.05) is 44.7 Å². The fourth-order valence-electron chi connectivity index (χ4n) is 4.21. The Bertz CT molecular complexity index is 612. The number of nitrogens with zero attached hydrogens (tertiary/aromatic N) is 3. The van der Waals surface area contributed by atoms with Crippen LogP contribution in [0.2, 0.25) is 0 Å². The number of anilines is 1. The first-order valence-corrected chi connectivity index (χ1v) is 10.3. The van der Waals surface area contributed by atoms with Gasteiger partial charge in [0.1, 0.15) is 0 Å². The summed E-state index contributed by atoms with van der Waals surface area (Å²) in [7, 11) is 2.19. The fraction of sp³-hybridized carbons (Fsp3) is 0.667. The first kappa shape index (κ1) is 19.0. The second kappa shape index (κ2) is 9.26. The quantitative estimate of drug-likeness (QED) is 0.607. The van der Waals surface area contributed by atoms with E-state index in [1.54, 1.807) is 0 Å². The van der Waals surface area contributed by atoms with Gasteiger partial charge in [0, 0.05) is 38.4 Å². The highest BCUT2D eigenvalue weighted by Gasteiger charge is 2.22. The molecule has 3 rings (SSSR count). The van der Waals surface area contributed by atoms with Crippen molar-refractivity contribution in [3.8, 4) is 0 Å². The highest BCUT2D eigenvalue weighted by molar-refractivity contribution is 5.79. The van der Waals surface area contributed by atoms with Crippen molar-refractivity contribution in [3.63, 3.8) is 0 Å². The van der Waals surface area contributed by atoms with Gasteiger partial charge in [0.25, 0.3) is 0 Å². The Morgan fingerprint density at radius 3 is 2.88 bits per heavy atom. The Balaban J connectivity index is 1.60. The molecular weight excluding hydrogens is 322 g/mol. The summed E-state index contributed by atoms with van der Waals surface area (Å²) in [6, 6.07) is 7.47. The Morgan fingerprint density at radius 1 is 1.19 bits per heavy atom. The minimum atomic E-state index is 0.642. The van der Waals surface area contributed by atoms with E-state index in [2.05, 4.69) is 59.5 Å². The number of rotatable bonds is 6. The maximum Gasteiger partial charge on any atom is 0.191 e. The first-order valence-electron chi connectivity index (χ1n) is 10.3. The SMILES string of the molecule is CCNC(=NCc1ccc2c(c1)CCCN2C)NCC1CCCN1CC. The predicted octanol–water partition coefficient (Wildman–Crippen LogP) is 2.61.